The van der Waals surface area contributed by atoms with Gasteiger partial charge in [0, 0.05) is 10.5 Å². The van der Waals surface area contributed by atoms with Crippen molar-refractivity contribution in [2.45, 2.75) is 39.2 Å². The van der Waals surface area contributed by atoms with Crippen molar-refractivity contribution in [2.75, 3.05) is 32.1 Å². The molecule has 1 saturated heterocycles. The molecule has 1 aliphatic heterocycles. The first-order valence-corrected chi connectivity index (χ1v) is 8.75. The molecular weight excluding hydrogens is 328 g/mol. The average molecular weight is 355 g/mol. The molecule has 1 fully saturated rings. The number of nitrogens with one attached hydrogen (secondary N) is 1. The molecule has 0 radical (unpaired) electrons. The Balaban J connectivity index is 1.93. The number of anilines is 1. The number of ether oxygens (including phenoxy) is 1. The fourth-order valence-corrected chi connectivity index (χ4v) is 3.51. The Morgan fingerprint density at radius 2 is 2.10 bits per heavy atom. The summed E-state index contributed by atoms with van der Waals surface area (Å²) in [6.07, 6.45) is 3.82. The first-order chi connectivity index (χ1) is 10.1. The van der Waals surface area contributed by atoms with Gasteiger partial charge < -0.3 is 15.0 Å². The largest absolute Gasteiger partial charge is 0.495 e. The quantitative estimate of drug-likeness (QED) is 0.820. The van der Waals surface area contributed by atoms with Gasteiger partial charge in [0.05, 0.1) is 12.8 Å². The third kappa shape index (κ3) is 4.62. The molecule has 0 saturated carbocycles. The minimum Gasteiger partial charge on any atom is -0.495 e. The number of nitrogens with zero attached hydrogens (tertiary/aromatic N) is 1. The summed E-state index contributed by atoms with van der Waals surface area (Å²) >= 11 is 3.53. The molecule has 0 aliphatic carbocycles. The van der Waals surface area contributed by atoms with Crippen LogP contribution in [0.15, 0.2) is 22.7 Å². The van der Waals surface area contributed by atoms with Crippen LogP contribution in [0.2, 0.25) is 0 Å². The van der Waals surface area contributed by atoms with Gasteiger partial charge in [0.1, 0.15) is 5.75 Å². The van der Waals surface area contributed by atoms with Gasteiger partial charge >= 0.3 is 0 Å². The summed E-state index contributed by atoms with van der Waals surface area (Å²) in [5, 5.41) is 3.65. The molecule has 0 bridgehead atoms. The van der Waals surface area contributed by atoms with Crippen molar-refractivity contribution in [3.63, 3.8) is 0 Å². The van der Waals surface area contributed by atoms with Gasteiger partial charge in [-0.15, -0.1) is 0 Å². The second-order valence-electron chi connectivity index (χ2n) is 5.96. The van der Waals surface area contributed by atoms with Crippen molar-refractivity contribution in [3.8, 4) is 5.75 Å². The average Bonchev–Trinajstić information content (AvgIpc) is 2.48. The van der Waals surface area contributed by atoms with Gasteiger partial charge in [-0.2, -0.15) is 0 Å². The van der Waals surface area contributed by atoms with Crippen LogP contribution in [0.4, 0.5) is 5.69 Å². The van der Waals surface area contributed by atoms with E-state index in [2.05, 4.69) is 46.1 Å². The van der Waals surface area contributed by atoms with E-state index in [1.165, 1.54) is 38.9 Å². The van der Waals surface area contributed by atoms with Crippen molar-refractivity contribution in [1.29, 1.82) is 0 Å². The maximum Gasteiger partial charge on any atom is 0.142 e. The van der Waals surface area contributed by atoms with E-state index in [1.807, 2.05) is 12.1 Å². The molecule has 4 heteroatoms. The lowest BCUT2D eigenvalue weighted by Crippen LogP contribution is -2.39. The third-order valence-corrected chi connectivity index (χ3v) is 4.92. The Bertz CT molecular complexity index is 444. The van der Waals surface area contributed by atoms with E-state index in [4.69, 9.17) is 4.74 Å². The van der Waals surface area contributed by atoms with E-state index < -0.39 is 0 Å². The molecule has 1 unspecified atom stereocenters. The highest BCUT2D eigenvalue weighted by molar-refractivity contribution is 9.10. The topological polar surface area (TPSA) is 24.5 Å². The van der Waals surface area contributed by atoms with E-state index >= 15 is 0 Å². The number of methoxy groups -OCH3 is 1. The van der Waals surface area contributed by atoms with Gasteiger partial charge in [-0.25, -0.2) is 0 Å². The molecule has 1 atom stereocenters. The Hall–Kier alpha value is -0.740. The fourth-order valence-electron chi connectivity index (χ4n) is 3.15. The highest BCUT2D eigenvalue weighted by atomic mass is 79.9. The van der Waals surface area contributed by atoms with Gasteiger partial charge in [0.25, 0.3) is 0 Å². The zero-order chi connectivity index (χ0) is 15.2. The van der Waals surface area contributed by atoms with E-state index in [0.717, 1.165) is 21.8 Å². The van der Waals surface area contributed by atoms with Crippen LogP contribution in [-0.4, -0.2) is 37.7 Å². The molecule has 21 heavy (non-hydrogen) atoms. The summed E-state index contributed by atoms with van der Waals surface area (Å²) in [6.45, 7) is 8.27. The molecule has 1 heterocycles. The maximum atomic E-state index is 5.45. The van der Waals surface area contributed by atoms with Crippen LogP contribution in [0.25, 0.3) is 0 Å². The Kier molecular flexibility index (Phi) is 6.37. The molecule has 1 aromatic carbocycles. The second kappa shape index (κ2) is 8.04. The molecule has 0 amide bonds. The highest BCUT2D eigenvalue weighted by Crippen LogP contribution is 2.31. The lowest BCUT2D eigenvalue weighted by atomic mass is 9.90. The number of hydrogen-bond donors (Lipinski definition) is 1. The highest BCUT2D eigenvalue weighted by Gasteiger charge is 2.24. The normalized spacial score (nSPS) is 18.5. The van der Waals surface area contributed by atoms with E-state index in [0.29, 0.717) is 6.04 Å². The third-order valence-electron chi connectivity index (χ3n) is 4.42. The molecule has 1 N–H and O–H groups in total. The number of rotatable bonds is 6. The van der Waals surface area contributed by atoms with Crippen molar-refractivity contribution in [2.24, 2.45) is 5.92 Å². The molecular formula is C17H27BrN2O. The van der Waals surface area contributed by atoms with E-state index in [9.17, 15) is 0 Å². The van der Waals surface area contributed by atoms with Gasteiger partial charge in [0.2, 0.25) is 0 Å². The number of halogens is 1. The van der Waals surface area contributed by atoms with Crippen LogP contribution in [0.5, 0.6) is 5.75 Å². The lowest BCUT2D eigenvalue weighted by molar-refractivity contribution is 0.176. The van der Waals surface area contributed by atoms with Crippen LogP contribution in [0, 0.1) is 5.92 Å². The summed E-state index contributed by atoms with van der Waals surface area (Å²) in [4.78, 5) is 2.59. The predicted molar refractivity (Wildman–Crippen MR) is 93.2 cm³/mol. The first kappa shape index (κ1) is 16.6. The predicted octanol–water partition coefficient (Wildman–Crippen LogP) is 4.38. The minimum atomic E-state index is 0.469. The first-order valence-electron chi connectivity index (χ1n) is 7.96. The molecule has 0 aromatic heterocycles. The molecule has 3 nitrogen and oxygen atoms in total. The van der Waals surface area contributed by atoms with E-state index in [1.54, 1.807) is 7.11 Å². The van der Waals surface area contributed by atoms with Gasteiger partial charge in [-0.05, 0) is 69.9 Å². The molecule has 2 rings (SSSR count). The van der Waals surface area contributed by atoms with Crippen LogP contribution in [0.1, 0.15) is 33.1 Å². The zero-order valence-corrected chi connectivity index (χ0v) is 14.9. The van der Waals surface area contributed by atoms with E-state index in [-0.39, 0.29) is 0 Å². The Labute approximate surface area is 137 Å². The number of hydrogen-bond acceptors (Lipinski definition) is 3. The summed E-state index contributed by atoms with van der Waals surface area (Å²) < 4.78 is 6.53. The van der Waals surface area contributed by atoms with Crippen molar-refractivity contribution in [3.05, 3.63) is 22.7 Å². The summed E-state index contributed by atoms with van der Waals surface area (Å²) in [7, 11) is 1.72. The van der Waals surface area contributed by atoms with Gasteiger partial charge in [0.15, 0.2) is 0 Å². The van der Waals surface area contributed by atoms with Crippen molar-refractivity contribution in [1.82, 2.24) is 4.90 Å². The molecule has 0 spiro atoms. The maximum absolute atomic E-state index is 5.45. The fraction of sp³-hybridized carbons (Fsp3) is 0.647. The molecule has 1 aliphatic rings. The minimum absolute atomic E-state index is 0.469. The van der Waals surface area contributed by atoms with Crippen LogP contribution >= 0.6 is 15.9 Å². The van der Waals surface area contributed by atoms with Gasteiger partial charge in [-0.1, -0.05) is 22.9 Å². The standard InChI is InChI=1S/C17H27BrN2O/c1-4-9-20-10-7-14(8-11-20)13(2)19-16-12-15(18)5-6-17(16)21-3/h5-6,12-14,19H,4,7-11H2,1-3H3. The van der Waals surface area contributed by atoms with Crippen LogP contribution < -0.4 is 10.1 Å². The van der Waals surface area contributed by atoms with Crippen molar-refractivity contribution >= 4 is 21.6 Å². The molecule has 118 valence electrons. The number of piperidine rings is 1. The summed E-state index contributed by atoms with van der Waals surface area (Å²) in [5.74, 6) is 1.65. The number of benzene rings is 1. The number of likely N-dealkylation sites (tertiary alicyclic amines) is 1. The summed E-state index contributed by atoms with van der Waals surface area (Å²) in [5.41, 5.74) is 1.08. The Morgan fingerprint density at radius 1 is 1.38 bits per heavy atom. The zero-order valence-electron chi connectivity index (χ0n) is 13.4. The Morgan fingerprint density at radius 3 is 2.71 bits per heavy atom. The van der Waals surface area contributed by atoms with Crippen LogP contribution in [0.3, 0.4) is 0 Å². The summed E-state index contributed by atoms with van der Waals surface area (Å²) in [6, 6.07) is 6.58. The SMILES string of the molecule is CCCN1CCC(C(C)Nc2cc(Br)ccc2OC)CC1. The van der Waals surface area contributed by atoms with Crippen LogP contribution in [-0.2, 0) is 0 Å². The molecule has 1 aromatic rings. The van der Waals surface area contributed by atoms with Crippen molar-refractivity contribution < 1.29 is 4.74 Å². The van der Waals surface area contributed by atoms with Gasteiger partial charge in [-0.3, -0.25) is 0 Å². The second-order valence-corrected chi connectivity index (χ2v) is 6.87. The smallest absolute Gasteiger partial charge is 0.142 e. The lowest BCUT2D eigenvalue weighted by Gasteiger charge is -2.35. The monoisotopic (exact) mass is 354 g/mol.